The molecule has 3 amide bonds. The van der Waals surface area contributed by atoms with E-state index in [0.717, 1.165) is 42.4 Å². The molecule has 2 aliphatic heterocycles. The Morgan fingerprint density at radius 2 is 1.96 bits per heavy atom. The number of hydrogen-bond acceptors (Lipinski definition) is 3. The van der Waals surface area contributed by atoms with E-state index in [9.17, 15) is 14.4 Å². The first-order valence-electron chi connectivity index (χ1n) is 9.66. The molecule has 0 saturated carbocycles. The highest BCUT2D eigenvalue weighted by atomic mass is 79.9. The molecular weight excluding hydrogens is 410 g/mol. The summed E-state index contributed by atoms with van der Waals surface area (Å²) >= 11 is 3.46. The van der Waals surface area contributed by atoms with Crippen LogP contribution >= 0.6 is 15.9 Å². The van der Waals surface area contributed by atoms with Crippen LogP contribution in [0.5, 0.6) is 0 Å². The normalized spacial score (nSPS) is 20.7. The zero-order valence-electron chi connectivity index (χ0n) is 15.5. The van der Waals surface area contributed by atoms with E-state index >= 15 is 0 Å². The Bertz CT molecular complexity index is 709. The van der Waals surface area contributed by atoms with E-state index in [-0.39, 0.29) is 30.1 Å². The van der Waals surface area contributed by atoms with Gasteiger partial charge in [-0.05, 0) is 47.3 Å². The number of hydrogen-bond donors (Lipinski definition) is 1. The van der Waals surface area contributed by atoms with Crippen molar-refractivity contribution in [2.45, 2.75) is 38.5 Å². The van der Waals surface area contributed by atoms with Crippen molar-refractivity contribution in [3.05, 3.63) is 28.7 Å². The van der Waals surface area contributed by atoms with E-state index in [2.05, 4.69) is 21.2 Å². The van der Waals surface area contributed by atoms with Gasteiger partial charge in [-0.25, -0.2) is 0 Å². The maximum absolute atomic E-state index is 12.4. The SMILES string of the molecule is O=C(NCCCN1CCCCCC1=O)C1CC(=O)N(c2ccccc2Br)C1. The predicted octanol–water partition coefficient (Wildman–Crippen LogP) is 2.71. The van der Waals surface area contributed by atoms with Crippen LogP contribution in [-0.2, 0) is 14.4 Å². The molecule has 146 valence electrons. The highest BCUT2D eigenvalue weighted by Crippen LogP contribution is 2.31. The fourth-order valence-electron chi connectivity index (χ4n) is 3.69. The van der Waals surface area contributed by atoms with Gasteiger partial charge in [0, 0.05) is 43.5 Å². The lowest BCUT2D eigenvalue weighted by Gasteiger charge is -2.21. The third-order valence-corrected chi connectivity index (χ3v) is 5.89. The molecule has 27 heavy (non-hydrogen) atoms. The van der Waals surface area contributed by atoms with Gasteiger partial charge in [0.1, 0.15) is 0 Å². The summed E-state index contributed by atoms with van der Waals surface area (Å²) in [5.41, 5.74) is 0.803. The molecule has 0 aliphatic carbocycles. The molecule has 0 radical (unpaired) electrons. The summed E-state index contributed by atoms with van der Waals surface area (Å²) in [6.45, 7) is 2.44. The molecule has 2 fully saturated rings. The first-order valence-corrected chi connectivity index (χ1v) is 10.5. The van der Waals surface area contributed by atoms with E-state index < -0.39 is 0 Å². The second kappa shape index (κ2) is 9.35. The van der Waals surface area contributed by atoms with Crippen molar-refractivity contribution in [1.82, 2.24) is 10.2 Å². The standard InChI is InChI=1S/C20H26BrN3O3/c21-16-7-3-4-8-17(16)24-14-15(13-19(24)26)20(27)22-10-6-12-23-11-5-1-2-9-18(23)25/h3-4,7-8,15H,1-2,5-6,9-14H2,(H,22,27). The van der Waals surface area contributed by atoms with Gasteiger partial charge in [0.25, 0.3) is 0 Å². The summed E-state index contributed by atoms with van der Waals surface area (Å²) in [6.07, 6.45) is 4.77. The highest BCUT2D eigenvalue weighted by molar-refractivity contribution is 9.10. The molecule has 2 saturated heterocycles. The van der Waals surface area contributed by atoms with Gasteiger partial charge in [-0.3, -0.25) is 14.4 Å². The van der Waals surface area contributed by atoms with Crippen LogP contribution in [0.1, 0.15) is 38.5 Å². The van der Waals surface area contributed by atoms with Gasteiger partial charge in [-0.2, -0.15) is 0 Å². The number of likely N-dealkylation sites (tertiary alicyclic amines) is 1. The Labute approximate surface area is 168 Å². The van der Waals surface area contributed by atoms with Gasteiger partial charge in [-0.15, -0.1) is 0 Å². The minimum atomic E-state index is -0.329. The van der Waals surface area contributed by atoms with Crippen molar-refractivity contribution >= 4 is 39.3 Å². The fourth-order valence-corrected chi connectivity index (χ4v) is 4.19. The van der Waals surface area contributed by atoms with Crippen molar-refractivity contribution < 1.29 is 14.4 Å². The maximum Gasteiger partial charge on any atom is 0.227 e. The van der Waals surface area contributed by atoms with Crippen molar-refractivity contribution in [3.8, 4) is 0 Å². The van der Waals surface area contributed by atoms with Crippen LogP contribution in [0.25, 0.3) is 0 Å². The van der Waals surface area contributed by atoms with Gasteiger partial charge >= 0.3 is 0 Å². The Kier molecular flexibility index (Phi) is 6.88. The summed E-state index contributed by atoms with van der Waals surface area (Å²) in [4.78, 5) is 40.3. The number of benzene rings is 1. The average Bonchev–Trinajstić information content (AvgIpc) is 2.92. The number of nitrogens with one attached hydrogen (secondary N) is 1. The summed E-state index contributed by atoms with van der Waals surface area (Å²) in [5, 5.41) is 2.93. The molecule has 2 heterocycles. The van der Waals surface area contributed by atoms with Crippen molar-refractivity contribution in [1.29, 1.82) is 0 Å². The molecule has 7 heteroatoms. The molecule has 2 aliphatic rings. The summed E-state index contributed by atoms with van der Waals surface area (Å²) in [6, 6.07) is 7.54. The molecule has 1 unspecified atom stereocenters. The van der Waals surface area contributed by atoms with Crippen LogP contribution in [0.2, 0.25) is 0 Å². The average molecular weight is 436 g/mol. The van der Waals surface area contributed by atoms with Gasteiger partial charge in [-0.1, -0.05) is 18.6 Å². The fraction of sp³-hybridized carbons (Fsp3) is 0.550. The lowest BCUT2D eigenvalue weighted by Crippen LogP contribution is -2.36. The lowest BCUT2D eigenvalue weighted by atomic mass is 10.1. The second-order valence-electron chi connectivity index (χ2n) is 7.19. The van der Waals surface area contributed by atoms with E-state index in [0.29, 0.717) is 26.1 Å². The Balaban J connectivity index is 1.44. The smallest absolute Gasteiger partial charge is 0.227 e. The minimum absolute atomic E-state index is 0.0304. The van der Waals surface area contributed by atoms with Crippen LogP contribution in [-0.4, -0.2) is 48.8 Å². The zero-order valence-corrected chi connectivity index (χ0v) is 17.0. The van der Waals surface area contributed by atoms with Crippen LogP contribution < -0.4 is 10.2 Å². The number of para-hydroxylation sites is 1. The molecule has 3 rings (SSSR count). The van der Waals surface area contributed by atoms with E-state index in [1.807, 2.05) is 29.2 Å². The Morgan fingerprint density at radius 3 is 2.78 bits per heavy atom. The maximum atomic E-state index is 12.4. The van der Waals surface area contributed by atoms with Crippen LogP contribution in [0.3, 0.4) is 0 Å². The van der Waals surface area contributed by atoms with Crippen LogP contribution in [0.4, 0.5) is 5.69 Å². The Hall–Kier alpha value is -1.89. The summed E-state index contributed by atoms with van der Waals surface area (Å²) < 4.78 is 0.849. The zero-order chi connectivity index (χ0) is 19.2. The van der Waals surface area contributed by atoms with Crippen LogP contribution in [0.15, 0.2) is 28.7 Å². The first kappa shape index (κ1) is 19.9. The first-order chi connectivity index (χ1) is 13.1. The molecule has 1 aromatic carbocycles. The van der Waals surface area contributed by atoms with Crippen molar-refractivity contribution in [2.75, 3.05) is 31.1 Å². The predicted molar refractivity (Wildman–Crippen MR) is 107 cm³/mol. The largest absolute Gasteiger partial charge is 0.356 e. The molecule has 1 aromatic rings. The molecule has 0 bridgehead atoms. The van der Waals surface area contributed by atoms with E-state index in [1.54, 1.807) is 4.90 Å². The third-order valence-electron chi connectivity index (χ3n) is 5.21. The molecule has 0 aromatic heterocycles. The second-order valence-corrected chi connectivity index (χ2v) is 8.05. The van der Waals surface area contributed by atoms with Crippen molar-refractivity contribution in [3.63, 3.8) is 0 Å². The van der Waals surface area contributed by atoms with Gasteiger partial charge in [0.15, 0.2) is 0 Å². The number of carbonyl (C=O) groups excluding carboxylic acids is 3. The number of anilines is 1. The number of halogens is 1. The van der Waals surface area contributed by atoms with E-state index in [1.165, 1.54) is 0 Å². The number of rotatable bonds is 6. The molecular formula is C20H26BrN3O3. The van der Waals surface area contributed by atoms with Crippen LogP contribution in [0, 0.1) is 5.92 Å². The van der Waals surface area contributed by atoms with Gasteiger partial charge in [0.2, 0.25) is 17.7 Å². The third kappa shape index (κ3) is 5.09. The molecule has 1 atom stereocenters. The summed E-state index contributed by atoms with van der Waals surface area (Å²) in [5.74, 6) is -0.217. The minimum Gasteiger partial charge on any atom is -0.356 e. The summed E-state index contributed by atoms with van der Waals surface area (Å²) in [7, 11) is 0. The monoisotopic (exact) mass is 435 g/mol. The van der Waals surface area contributed by atoms with Gasteiger partial charge in [0.05, 0.1) is 11.6 Å². The topological polar surface area (TPSA) is 69.7 Å². The number of nitrogens with zero attached hydrogens (tertiary/aromatic N) is 2. The quantitative estimate of drug-likeness (QED) is 0.698. The lowest BCUT2D eigenvalue weighted by molar-refractivity contribution is -0.130. The molecule has 0 spiro atoms. The molecule has 6 nitrogen and oxygen atoms in total. The Morgan fingerprint density at radius 1 is 1.15 bits per heavy atom. The van der Waals surface area contributed by atoms with Gasteiger partial charge < -0.3 is 15.1 Å². The van der Waals surface area contributed by atoms with E-state index in [4.69, 9.17) is 0 Å². The molecule has 1 N–H and O–H groups in total. The number of amides is 3. The number of carbonyl (C=O) groups is 3. The highest BCUT2D eigenvalue weighted by Gasteiger charge is 2.35. The van der Waals surface area contributed by atoms with Crippen molar-refractivity contribution in [2.24, 2.45) is 5.92 Å².